The molecule has 2 aromatic rings. The molecule has 0 radical (unpaired) electrons. The van der Waals surface area contributed by atoms with Gasteiger partial charge in [0.05, 0.1) is 5.69 Å². The summed E-state index contributed by atoms with van der Waals surface area (Å²) in [6.07, 6.45) is 8.11. The van der Waals surface area contributed by atoms with Crippen molar-refractivity contribution in [3.05, 3.63) is 65.5 Å². The van der Waals surface area contributed by atoms with Crippen molar-refractivity contribution in [3.63, 3.8) is 0 Å². The predicted molar refractivity (Wildman–Crippen MR) is 118 cm³/mol. The minimum atomic E-state index is -0.106. The Bertz CT molecular complexity index is 718. The molecule has 28 heavy (non-hydrogen) atoms. The summed E-state index contributed by atoms with van der Waals surface area (Å²) in [7, 11) is 4.35. The van der Waals surface area contributed by atoms with Crippen LogP contribution in [0.4, 0.5) is 10.1 Å². The number of benzene rings is 2. The van der Waals surface area contributed by atoms with Gasteiger partial charge in [0.1, 0.15) is 5.82 Å². The van der Waals surface area contributed by atoms with E-state index in [0.29, 0.717) is 12.1 Å². The van der Waals surface area contributed by atoms with Crippen LogP contribution in [0.5, 0.6) is 0 Å². The summed E-state index contributed by atoms with van der Waals surface area (Å²) in [6.45, 7) is 3.15. The Morgan fingerprint density at radius 2 is 1.57 bits per heavy atom. The number of hydrogen-bond donors (Lipinski definition) is 0. The van der Waals surface area contributed by atoms with Gasteiger partial charge < -0.3 is 9.80 Å². The lowest BCUT2D eigenvalue weighted by atomic mass is 10.0. The molecule has 3 rings (SSSR count). The number of rotatable bonds is 10. The molecule has 0 fully saturated rings. The molecule has 0 bridgehead atoms. The van der Waals surface area contributed by atoms with Gasteiger partial charge in [0.2, 0.25) is 0 Å². The largest absolute Gasteiger partial charge is 0.365 e. The van der Waals surface area contributed by atoms with Crippen molar-refractivity contribution >= 4 is 5.69 Å². The van der Waals surface area contributed by atoms with Crippen molar-refractivity contribution in [3.8, 4) is 0 Å². The van der Waals surface area contributed by atoms with Crippen molar-refractivity contribution in [2.24, 2.45) is 0 Å². The monoisotopic (exact) mass is 382 g/mol. The number of fused-ring (bicyclic) bond motifs is 1. The normalized spacial score (nSPS) is 15.0. The molecule has 0 saturated carbocycles. The molecule has 0 spiro atoms. The molecule has 0 N–H and O–H groups in total. The number of unbranched alkanes of at least 4 members (excludes halogenated alkanes) is 2. The number of para-hydroxylation sites is 1. The fraction of sp³-hybridized carbons (Fsp3) is 0.520. The average Bonchev–Trinajstić information content (AvgIpc) is 3.11. The molecule has 0 heterocycles. The maximum absolute atomic E-state index is 14.7. The first-order chi connectivity index (χ1) is 13.6. The zero-order chi connectivity index (χ0) is 19.9. The standard InChI is InChI=1S/C25H35FN2/c1-4-5-6-13-22(27(2)3)16-17-28(25-15-10-9-14-24(25)26)23-18-20-11-7-8-12-21(20)19-23/h7-12,14-15,22-23H,4-6,13,16-19H2,1-3H3. The summed E-state index contributed by atoms with van der Waals surface area (Å²) >= 11 is 0. The third-order valence-electron chi connectivity index (χ3n) is 6.21. The van der Waals surface area contributed by atoms with E-state index in [2.05, 4.69) is 55.1 Å². The van der Waals surface area contributed by atoms with Crippen LogP contribution in [-0.4, -0.2) is 37.6 Å². The second-order valence-corrected chi connectivity index (χ2v) is 8.38. The Hall–Kier alpha value is -1.87. The first kappa shape index (κ1) is 20.9. The molecular formula is C25H35FN2. The molecule has 0 amide bonds. The first-order valence-corrected chi connectivity index (χ1v) is 10.8. The van der Waals surface area contributed by atoms with Gasteiger partial charge >= 0.3 is 0 Å². The summed E-state index contributed by atoms with van der Waals surface area (Å²) in [5, 5.41) is 0. The Labute approximate surface area is 170 Å². The molecular weight excluding hydrogens is 347 g/mol. The van der Waals surface area contributed by atoms with Crippen molar-refractivity contribution in [2.45, 2.75) is 64.0 Å². The molecule has 152 valence electrons. The third kappa shape index (κ3) is 5.14. The summed E-state index contributed by atoms with van der Waals surface area (Å²) in [5.41, 5.74) is 3.59. The zero-order valence-electron chi connectivity index (χ0n) is 17.7. The van der Waals surface area contributed by atoms with E-state index >= 15 is 0 Å². The lowest BCUT2D eigenvalue weighted by molar-refractivity contribution is 0.258. The highest BCUT2D eigenvalue weighted by molar-refractivity contribution is 5.51. The SMILES string of the molecule is CCCCCC(CCN(c1ccccc1F)C1Cc2ccccc2C1)N(C)C. The van der Waals surface area contributed by atoms with Crippen LogP contribution in [0, 0.1) is 5.82 Å². The number of anilines is 1. The van der Waals surface area contributed by atoms with Crippen molar-refractivity contribution in [2.75, 3.05) is 25.5 Å². The van der Waals surface area contributed by atoms with Gasteiger partial charge in [-0.15, -0.1) is 0 Å². The predicted octanol–water partition coefficient (Wildman–Crippen LogP) is 5.70. The van der Waals surface area contributed by atoms with Crippen LogP contribution in [0.2, 0.25) is 0 Å². The van der Waals surface area contributed by atoms with Crippen LogP contribution >= 0.6 is 0 Å². The Balaban J connectivity index is 1.75. The molecule has 0 aliphatic heterocycles. The van der Waals surface area contributed by atoms with Crippen LogP contribution in [0.15, 0.2) is 48.5 Å². The van der Waals surface area contributed by atoms with Gasteiger partial charge in [-0.2, -0.15) is 0 Å². The van der Waals surface area contributed by atoms with Crippen molar-refractivity contribution in [1.82, 2.24) is 4.90 Å². The Kier molecular flexibility index (Phi) is 7.50. The molecule has 1 aliphatic carbocycles. The molecule has 1 atom stereocenters. The lowest BCUT2D eigenvalue weighted by Gasteiger charge is -2.34. The Morgan fingerprint density at radius 1 is 0.929 bits per heavy atom. The van der Waals surface area contributed by atoms with E-state index in [-0.39, 0.29) is 5.82 Å². The maximum atomic E-state index is 14.7. The van der Waals surface area contributed by atoms with Crippen LogP contribution < -0.4 is 4.90 Å². The summed E-state index contributed by atoms with van der Waals surface area (Å²) < 4.78 is 14.7. The summed E-state index contributed by atoms with van der Waals surface area (Å²) in [5.74, 6) is -0.106. The van der Waals surface area contributed by atoms with Crippen molar-refractivity contribution < 1.29 is 4.39 Å². The van der Waals surface area contributed by atoms with Crippen LogP contribution in [0.1, 0.15) is 50.2 Å². The number of nitrogens with zero attached hydrogens (tertiary/aromatic N) is 2. The molecule has 2 nitrogen and oxygen atoms in total. The fourth-order valence-corrected chi connectivity index (χ4v) is 4.52. The summed E-state index contributed by atoms with van der Waals surface area (Å²) in [6, 6.07) is 16.8. The van der Waals surface area contributed by atoms with Gasteiger partial charge in [-0.25, -0.2) is 4.39 Å². The van der Waals surface area contributed by atoms with Crippen LogP contribution in [0.25, 0.3) is 0 Å². The van der Waals surface area contributed by atoms with Gasteiger partial charge in [0, 0.05) is 18.6 Å². The topological polar surface area (TPSA) is 6.48 Å². The maximum Gasteiger partial charge on any atom is 0.146 e. The molecule has 1 unspecified atom stereocenters. The minimum Gasteiger partial charge on any atom is -0.365 e. The van der Waals surface area contributed by atoms with Gasteiger partial charge in [0.25, 0.3) is 0 Å². The fourth-order valence-electron chi connectivity index (χ4n) is 4.52. The first-order valence-electron chi connectivity index (χ1n) is 10.8. The second-order valence-electron chi connectivity index (χ2n) is 8.38. The van der Waals surface area contributed by atoms with Gasteiger partial charge in [0.15, 0.2) is 0 Å². The number of hydrogen-bond acceptors (Lipinski definition) is 2. The van der Waals surface area contributed by atoms with Crippen molar-refractivity contribution in [1.29, 1.82) is 0 Å². The lowest BCUT2D eigenvalue weighted by Crippen LogP contribution is -2.40. The van der Waals surface area contributed by atoms with E-state index in [1.54, 1.807) is 12.1 Å². The quantitative estimate of drug-likeness (QED) is 0.486. The van der Waals surface area contributed by atoms with Gasteiger partial charge in [-0.3, -0.25) is 0 Å². The zero-order valence-corrected chi connectivity index (χ0v) is 17.7. The average molecular weight is 383 g/mol. The minimum absolute atomic E-state index is 0.106. The molecule has 2 aromatic carbocycles. The Morgan fingerprint density at radius 3 is 2.18 bits per heavy atom. The third-order valence-corrected chi connectivity index (χ3v) is 6.21. The van der Waals surface area contributed by atoms with E-state index < -0.39 is 0 Å². The number of halogens is 1. The van der Waals surface area contributed by atoms with Crippen LogP contribution in [-0.2, 0) is 12.8 Å². The molecule has 1 aliphatic rings. The van der Waals surface area contributed by atoms with E-state index in [1.165, 1.54) is 36.8 Å². The summed E-state index contributed by atoms with van der Waals surface area (Å²) in [4.78, 5) is 4.68. The smallest absolute Gasteiger partial charge is 0.146 e. The molecule has 0 aromatic heterocycles. The highest BCUT2D eigenvalue weighted by Gasteiger charge is 2.28. The highest BCUT2D eigenvalue weighted by atomic mass is 19.1. The van der Waals surface area contributed by atoms with E-state index in [1.807, 2.05) is 12.1 Å². The van der Waals surface area contributed by atoms with Gasteiger partial charge in [-0.1, -0.05) is 62.6 Å². The van der Waals surface area contributed by atoms with E-state index in [0.717, 1.165) is 31.5 Å². The molecule has 0 saturated heterocycles. The van der Waals surface area contributed by atoms with Gasteiger partial charge in [-0.05, 0) is 63.0 Å². The molecule has 3 heteroatoms. The van der Waals surface area contributed by atoms with Crippen LogP contribution in [0.3, 0.4) is 0 Å². The second kappa shape index (κ2) is 10.1. The van der Waals surface area contributed by atoms with E-state index in [9.17, 15) is 4.39 Å². The highest BCUT2D eigenvalue weighted by Crippen LogP contribution is 2.31. The van der Waals surface area contributed by atoms with E-state index in [4.69, 9.17) is 0 Å².